The van der Waals surface area contributed by atoms with Crippen molar-refractivity contribution in [1.29, 1.82) is 0 Å². The first-order valence-electron chi connectivity index (χ1n) is 6.22. The van der Waals surface area contributed by atoms with Crippen LogP contribution in [0.4, 0.5) is 5.13 Å². The smallest absolute Gasteiger partial charge is 0.183 e. The topological polar surface area (TPSA) is 74.2 Å². The van der Waals surface area contributed by atoms with Crippen molar-refractivity contribution >= 4 is 22.3 Å². The molecule has 0 aliphatic rings. The lowest BCUT2D eigenvalue weighted by molar-refractivity contribution is 0.102. The Morgan fingerprint density at radius 3 is 2.75 bits per heavy atom. The molecule has 0 radical (unpaired) electrons. The highest BCUT2D eigenvalue weighted by Gasteiger charge is 2.17. The van der Waals surface area contributed by atoms with E-state index in [2.05, 4.69) is 15.6 Å². The lowest BCUT2D eigenvalue weighted by Gasteiger charge is -2.10. The van der Waals surface area contributed by atoms with Gasteiger partial charge in [0, 0.05) is 19.5 Å². The molecule has 1 aromatic carbocycles. The number of aliphatic hydroxyl groups excluding tert-OH is 1. The molecule has 106 valence electrons. The number of rotatable bonds is 5. The Bertz CT molecular complexity index is 625. The lowest BCUT2D eigenvalue weighted by atomic mass is 10.1. The standard InChI is InChI=1S/C14H17N3O2S/c1-8(18)12-11(17-14(16-3)20-12)9-5-4-6-10(7-9)13(19)15-2/h4-7,13,15,19H,1-3H3,(H,16,17). The van der Waals surface area contributed by atoms with Crippen molar-refractivity contribution in [2.45, 2.75) is 13.2 Å². The van der Waals surface area contributed by atoms with Gasteiger partial charge in [-0.15, -0.1) is 0 Å². The number of nitrogens with zero attached hydrogens (tertiary/aromatic N) is 1. The summed E-state index contributed by atoms with van der Waals surface area (Å²) in [6.45, 7) is 1.53. The summed E-state index contributed by atoms with van der Waals surface area (Å²) < 4.78 is 0. The molecule has 0 amide bonds. The maximum absolute atomic E-state index is 11.7. The average Bonchev–Trinajstić information content (AvgIpc) is 2.91. The maximum Gasteiger partial charge on any atom is 0.183 e. The fourth-order valence-electron chi connectivity index (χ4n) is 1.88. The van der Waals surface area contributed by atoms with Gasteiger partial charge in [-0.3, -0.25) is 10.1 Å². The van der Waals surface area contributed by atoms with Gasteiger partial charge in [-0.2, -0.15) is 0 Å². The minimum atomic E-state index is -0.738. The van der Waals surface area contributed by atoms with Crippen molar-refractivity contribution in [3.05, 3.63) is 34.7 Å². The van der Waals surface area contributed by atoms with Gasteiger partial charge in [-0.1, -0.05) is 29.5 Å². The van der Waals surface area contributed by atoms with Crippen LogP contribution < -0.4 is 10.6 Å². The molecule has 1 unspecified atom stereocenters. The minimum Gasteiger partial charge on any atom is -0.374 e. The zero-order valence-corrected chi connectivity index (χ0v) is 12.4. The Labute approximate surface area is 121 Å². The van der Waals surface area contributed by atoms with E-state index in [1.54, 1.807) is 14.1 Å². The van der Waals surface area contributed by atoms with E-state index >= 15 is 0 Å². The number of Topliss-reactive ketones (excluding diaryl/α,β-unsaturated/α-hetero) is 1. The van der Waals surface area contributed by atoms with E-state index < -0.39 is 6.23 Å². The molecule has 0 fully saturated rings. The Balaban J connectivity index is 2.50. The summed E-state index contributed by atoms with van der Waals surface area (Å²) in [5, 5.41) is 16.2. The summed E-state index contributed by atoms with van der Waals surface area (Å²) in [5.41, 5.74) is 2.20. The van der Waals surface area contributed by atoms with Gasteiger partial charge in [0.2, 0.25) is 0 Å². The molecule has 0 saturated carbocycles. The molecule has 5 nitrogen and oxygen atoms in total. The number of anilines is 1. The second kappa shape index (κ2) is 6.13. The van der Waals surface area contributed by atoms with Crippen molar-refractivity contribution in [1.82, 2.24) is 10.3 Å². The zero-order valence-electron chi connectivity index (χ0n) is 11.6. The van der Waals surface area contributed by atoms with E-state index in [9.17, 15) is 9.90 Å². The van der Waals surface area contributed by atoms with E-state index in [1.807, 2.05) is 24.3 Å². The number of ketones is 1. The van der Waals surface area contributed by atoms with Crippen LogP contribution in [0.15, 0.2) is 24.3 Å². The third-order valence-electron chi connectivity index (χ3n) is 2.91. The predicted molar refractivity (Wildman–Crippen MR) is 81.1 cm³/mol. The maximum atomic E-state index is 11.7. The van der Waals surface area contributed by atoms with E-state index in [0.717, 1.165) is 11.1 Å². The number of nitrogens with one attached hydrogen (secondary N) is 2. The second-order valence-electron chi connectivity index (χ2n) is 4.32. The third kappa shape index (κ3) is 2.87. The van der Waals surface area contributed by atoms with E-state index in [1.165, 1.54) is 18.3 Å². The Morgan fingerprint density at radius 1 is 1.40 bits per heavy atom. The normalized spacial score (nSPS) is 12.2. The number of aromatic nitrogens is 1. The summed E-state index contributed by atoms with van der Waals surface area (Å²) in [4.78, 5) is 16.8. The van der Waals surface area contributed by atoms with Crippen molar-refractivity contribution in [2.75, 3.05) is 19.4 Å². The molecular weight excluding hydrogens is 274 g/mol. The number of benzene rings is 1. The van der Waals surface area contributed by atoms with Crippen LogP contribution in [0.1, 0.15) is 28.4 Å². The van der Waals surface area contributed by atoms with Gasteiger partial charge in [0.25, 0.3) is 0 Å². The summed E-state index contributed by atoms with van der Waals surface area (Å²) in [5.74, 6) is -0.0152. The fraction of sp³-hybridized carbons (Fsp3) is 0.286. The van der Waals surface area contributed by atoms with Crippen LogP contribution in [-0.4, -0.2) is 30.0 Å². The van der Waals surface area contributed by atoms with Gasteiger partial charge in [-0.05, 0) is 18.7 Å². The zero-order chi connectivity index (χ0) is 14.7. The Hall–Kier alpha value is -1.76. The third-order valence-corrected chi connectivity index (χ3v) is 4.08. The lowest BCUT2D eigenvalue weighted by Crippen LogP contribution is -2.15. The molecule has 0 aliphatic heterocycles. The molecule has 2 aromatic rings. The average molecular weight is 291 g/mol. The summed E-state index contributed by atoms with van der Waals surface area (Å²) in [6.07, 6.45) is -0.738. The molecule has 1 heterocycles. The van der Waals surface area contributed by atoms with E-state index in [-0.39, 0.29) is 5.78 Å². The summed E-state index contributed by atoms with van der Waals surface area (Å²) in [6, 6.07) is 7.38. The highest BCUT2D eigenvalue weighted by molar-refractivity contribution is 7.18. The number of thiazole rings is 1. The van der Waals surface area contributed by atoms with E-state index in [4.69, 9.17) is 0 Å². The molecule has 1 atom stereocenters. The largest absolute Gasteiger partial charge is 0.374 e. The molecule has 3 N–H and O–H groups in total. The number of aliphatic hydroxyl groups is 1. The predicted octanol–water partition coefficient (Wildman–Crippen LogP) is 2.26. The molecule has 0 aliphatic carbocycles. The molecule has 0 spiro atoms. The molecule has 6 heteroatoms. The van der Waals surface area contributed by atoms with Crippen molar-refractivity contribution < 1.29 is 9.90 Å². The van der Waals surface area contributed by atoms with Crippen LogP contribution in [-0.2, 0) is 0 Å². The van der Waals surface area contributed by atoms with Gasteiger partial charge < -0.3 is 10.4 Å². The minimum absolute atomic E-state index is 0.0152. The van der Waals surface area contributed by atoms with Gasteiger partial charge >= 0.3 is 0 Å². The molecule has 1 aromatic heterocycles. The Morgan fingerprint density at radius 2 is 2.15 bits per heavy atom. The van der Waals surface area contributed by atoms with Crippen molar-refractivity contribution in [3.8, 4) is 11.3 Å². The summed E-state index contributed by atoms with van der Waals surface area (Å²) in [7, 11) is 3.45. The number of carbonyl (C=O) groups is 1. The first-order chi connectivity index (χ1) is 9.56. The number of hydrogen-bond acceptors (Lipinski definition) is 6. The first-order valence-corrected chi connectivity index (χ1v) is 7.03. The quantitative estimate of drug-likeness (QED) is 0.582. The molecular formula is C14H17N3O2S. The van der Waals surface area contributed by atoms with Crippen molar-refractivity contribution in [2.24, 2.45) is 0 Å². The van der Waals surface area contributed by atoms with Crippen molar-refractivity contribution in [3.63, 3.8) is 0 Å². The van der Waals surface area contributed by atoms with Crippen LogP contribution in [0.2, 0.25) is 0 Å². The molecule has 0 saturated heterocycles. The highest BCUT2D eigenvalue weighted by atomic mass is 32.1. The number of hydrogen-bond donors (Lipinski definition) is 3. The van der Waals surface area contributed by atoms with Gasteiger partial charge in [0.15, 0.2) is 10.9 Å². The SMILES string of the molecule is CNc1nc(-c2cccc(C(O)NC)c2)c(C(C)=O)s1. The highest BCUT2D eigenvalue weighted by Crippen LogP contribution is 2.32. The van der Waals surface area contributed by atoms with Gasteiger partial charge in [0.1, 0.15) is 6.23 Å². The first kappa shape index (κ1) is 14.6. The monoisotopic (exact) mass is 291 g/mol. The molecule has 2 rings (SSSR count). The van der Waals surface area contributed by atoms with Crippen LogP contribution >= 0.6 is 11.3 Å². The fourth-order valence-corrected chi connectivity index (χ4v) is 2.72. The molecule has 20 heavy (non-hydrogen) atoms. The number of carbonyl (C=O) groups excluding carboxylic acids is 1. The van der Waals surface area contributed by atoms with Gasteiger partial charge in [-0.25, -0.2) is 4.98 Å². The van der Waals surface area contributed by atoms with Gasteiger partial charge in [0.05, 0.1) is 10.6 Å². The van der Waals surface area contributed by atoms with Crippen LogP contribution in [0.25, 0.3) is 11.3 Å². The van der Waals surface area contributed by atoms with Crippen LogP contribution in [0.5, 0.6) is 0 Å². The van der Waals surface area contributed by atoms with Crippen LogP contribution in [0, 0.1) is 0 Å². The Kier molecular flexibility index (Phi) is 4.49. The van der Waals surface area contributed by atoms with Crippen LogP contribution in [0.3, 0.4) is 0 Å². The second-order valence-corrected chi connectivity index (χ2v) is 5.32. The van der Waals surface area contributed by atoms with E-state index in [0.29, 0.717) is 15.7 Å². The summed E-state index contributed by atoms with van der Waals surface area (Å²) >= 11 is 1.33. The molecule has 0 bridgehead atoms.